The van der Waals surface area contributed by atoms with Crippen LogP contribution in [-0.4, -0.2) is 31.7 Å². The summed E-state index contributed by atoms with van der Waals surface area (Å²) in [5.74, 6) is 0.348. The Morgan fingerprint density at radius 2 is 2.30 bits per heavy atom. The summed E-state index contributed by atoms with van der Waals surface area (Å²) in [6, 6.07) is 5.56. The molecule has 102 valence electrons. The first-order valence-electron chi connectivity index (χ1n) is 6.05. The van der Waals surface area contributed by atoms with Crippen LogP contribution in [0, 0.1) is 0 Å². The van der Waals surface area contributed by atoms with Crippen LogP contribution in [0.4, 0.5) is 0 Å². The van der Waals surface area contributed by atoms with Gasteiger partial charge in [-0.25, -0.2) is 14.5 Å². The van der Waals surface area contributed by atoms with E-state index in [-0.39, 0.29) is 5.69 Å². The maximum Gasteiger partial charge on any atom is 0.358 e. The third kappa shape index (κ3) is 2.20. The second kappa shape index (κ2) is 5.09. The molecule has 0 fully saturated rings. The molecule has 6 nitrogen and oxygen atoms in total. The number of hydrogen-bond acceptors (Lipinski definition) is 4. The summed E-state index contributed by atoms with van der Waals surface area (Å²) in [4.78, 5) is 16.0. The number of hydrogen-bond donors (Lipinski definition) is 0. The number of imidazole rings is 1. The first-order chi connectivity index (χ1) is 9.69. The lowest BCUT2D eigenvalue weighted by Gasteiger charge is -2.05. The smallest absolute Gasteiger partial charge is 0.358 e. The van der Waals surface area contributed by atoms with Gasteiger partial charge in [0.15, 0.2) is 5.69 Å². The number of carbonyl (C=O) groups excluding carboxylic acids is 1. The molecule has 3 aromatic rings. The van der Waals surface area contributed by atoms with Crippen molar-refractivity contribution in [1.82, 2.24) is 19.2 Å². The molecule has 0 aliphatic carbocycles. The molecular weight excluding hydrogens is 324 g/mol. The molecule has 0 aromatic carbocycles. The van der Waals surface area contributed by atoms with Gasteiger partial charge in [-0.3, -0.25) is 4.40 Å². The number of fused-ring (bicyclic) bond motifs is 1. The first-order valence-corrected chi connectivity index (χ1v) is 6.84. The van der Waals surface area contributed by atoms with Crippen LogP contribution < -0.4 is 0 Å². The number of aromatic nitrogens is 4. The van der Waals surface area contributed by atoms with Gasteiger partial charge in [0.25, 0.3) is 0 Å². The molecule has 0 atom stereocenters. The molecule has 3 aromatic heterocycles. The van der Waals surface area contributed by atoms with Gasteiger partial charge in [0.2, 0.25) is 0 Å². The van der Waals surface area contributed by atoms with Crippen LogP contribution in [0.1, 0.15) is 17.4 Å². The standard InChI is InChI=1S/C13H11BrN4O2/c1-2-20-13(19)10-8-17-11(16-10)6-9(14)7-12(17)18-5-3-4-15-18/h3-8H,2H2,1H3. The number of rotatable bonds is 3. The fourth-order valence-corrected chi connectivity index (χ4v) is 2.33. The number of carbonyl (C=O) groups is 1. The predicted molar refractivity (Wildman–Crippen MR) is 76.0 cm³/mol. The van der Waals surface area contributed by atoms with Gasteiger partial charge in [0.05, 0.1) is 6.61 Å². The van der Waals surface area contributed by atoms with Crippen LogP contribution in [0.5, 0.6) is 0 Å². The lowest BCUT2D eigenvalue weighted by Crippen LogP contribution is -2.04. The minimum atomic E-state index is -0.432. The highest BCUT2D eigenvalue weighted by Gasteiger charge is 2.14. The molecule has 3 rings (SSSR count). The van der Waals surface area contributed by atoms with E-state index in [0.29, 0.717) is 12.3 Å². The number of pyridine rings is 1. The average molecular weight is 335 g/mol. The highest BCUT2D eigenvalue weighted by molar-refractivity contribution is 9.10. The van der Waals surface area contributed by atoms with Crippen molar-refractivity contribution in [2.24, 2.45) is 0 Å². The van der Waals surface area contributed by atoms with E-state index in [1.54, 1.807) is 28.4 Å². The normalized spacial score (nSPS) is 10.9. The molecule has 0 amide bonds. The van der Waals surface area contributed by atoms with Crippen LogP contribution in [0.15, 0.2) is 41.3 Å². The molecule has 0 spiro atoms. The first kappa shape index (κ1) is 12.9. The van der Waals surface area contributed by atoms with Gasteiger partial charge in [0.1, 0.15) is 11.5 Å². The predicted octanol–water partition coefficient (Wildman–Crippen LogP) is 2.46. The van der Waals surface area contributed by atoms with Gasteiger partial charge in [-0.15, -0.1) is 0 Å². The minimum absolute atomic E-state index is 0.276. The molecule has 20 heavy (non-hydrogen) atoms. The number of esters is 1. The van der Waals surface area contributed by atoms with E-state index < -0.39 is 5.97 Å². The van der Waals surface area contributed by atoms with Crippen LogP contribution in [0.2, 0.25) is 0 Å². The third-order valence-corrected chi connectivity index (χ3v) is 3.20. The van der Waals surface area contributed by atoms with Crippen LogP contribution in [0.3, 0.4) is 0 Å². The molecule has 0 unspecified atom stereocenters. The summed E-state index contributed by atoms with van der Waals surface area (Å²) in [5.41, 5.74) is 0.922. The second-order valence-electron chi connectivity index (χ2n) is 4.06. The van der Waals surface area contributed by atoms with Crippen molar-refractivity contribution in [2.45, 2.75) is 6.92 Å². The molecular formula is C13H11BrN4O2. The number of nitrogens with zero attached hydrogens (tertiary/aromatic N) is 4. The SMILES string of the molecule is CCOC(=O)c1cn2c(-n3cccn3)cc(Br)cc2n1. The second-order valence-corrected chi connectivity index (χ2v) is 4.97. The molecule has 7 heteroatoms. The average Bonchev–Trinajstić information content (AvgIpc) is 3.06. The Balaban J connectivity index is 2.18. The summed E-state index contributed by atoms with van der Waals surface area (Å²) >= 11 is 3.44. The van der Waals surface area contributed by atoms with Gasteiger partial charge in [-0.1, -0.05) is 15.9 Å². The Bertz CT molecular complexity index is 764. The van der Waals surface area contributed by atoms with Crippen molar-refractivity contribution >= 4 is 27.5 Å². The molecule has 0 aliphatic rings. The Morgan fingerprint density at radius 1 is 1.45 bits per heavy atom. The minimum Gasteiger partial charge on any atom is -0.461 e. The molecule has 0 N–H and O–H groups in total. The van der Waals surface area contributed by atoms with E-state index in [0.717, 1.165) is 10.3 Å². The lowest BCUT2D eigenvalue weighted by atomic mass is 10.4. The summed E-state index contributed by atoms with van der Waals surface area (Å²) in [5, 5.41) is 4.20. The topological polar surface area (TPSA) is 61.4 Å². The van der Waals surface area contributed by atoms with E-state index in [4.69, 9.17) is 4.74 Å². The Morgan fingerprint density at radius 3 is 3.00 bits per heavy atom. The quantitative estimate of drug-likeness (QED) is 0.690. The van der Waals surface area contributed by atoms with Crippen molar-refractivity contribution in [2.75, 3.05) is 6.61 Å². The van der Waals surface area contributed by atoms with E-state index in [2.05, 4.69) is 26.0 Å². The summed E-state index contributed by atoms with van der Waals surface area (Å²) in [6.07, 6.45) is 5.16. The van der Waals surface area contributed by atoms with Crippen molar-refractivity contribution in [3.05, 3.63) is 47.0 Å². The maximum atomic E-state index is 11.8. The van der Waals surface area contributed by atoms with Crippen molar-refractivity contribution in [1.29, 1.82) is 0 Å². The summed E-state index contributed by atoms with van der Waals surface area (Å²) in [7, 11) is 0. The van der Waals surface area contributed by atoms with Crippen molar-refractivity contribution in [3.63, 3.8) is 0 Å². The van der Waals surface area contributed by atoms with Gasteiger partial charge < -0.3 is 4.74 Å². The molecule has 0 aliphatic heterocycles. The highest BCUT2D eigenvalue weighted by atomic mass is 79.9. The molecule has 0 bridgehead atoms. The Kier molecular flexibility index (Phi) is 3.27. The molecule has 0 radical (unpaired) electrons. The fourth-order valence-electron chi connectivity index (χ4n) is 1.92. The number of halogens is 1. The van der Waals surface area contributed by atoms with Gasteiger partial charge in [-0.05, 0) is 25.1 Å². The van der Waals surface area contributed by atoms with Crippen LogP contribution in [0.25, 0.3) is 11.5 Å². The Hall–Kier alpha value is -2.15. The largest absolute Gasteiger partial charge is 0.461 e. The zero-order valence-electron chi connectivity index (χ0n) is 10.7. The van der Waals surface area contributed by atoms with E-state index in [9.17, 15) is 4.79 Å². The van der Waals surface area contributed by atoms with Gasteiger partial charge in [-0.2, -0.15) is 5.10 Å². The lowest BCUT2D eigenvalue weighted by molar-refractivity contribution is 0.0520. The zero-order chi connectivity index (χ0) is 14.1. The third-order valence-electron chi connectivity index (χ3n) is 2.74. The summed E-state index contributed by atoms with van der Waals surface area (Å²) in [6.45, 7) is 2.09. The van der Waals surface area contributed by atoms with Gasteiger partial charge in [0, 0.05) is 23.1 Å². The van der Waals surface area contributed by atoms with Crippen LogP contribution >= 0.6 is 15.9 Å². The van der Waals surface area contributed by atoms with E-state index >= 15 is 0 Å². The summed E-state index contributed by atoms with van der Waals surface area (Å²) < 4.78 is 9.33. The zero-order valence-corrected chi connectivity index (χ0v) is 12.2. The van der Waals surface area contributed by atoms with E-state index in [1.165, 1.54) is 0 Å². The molecule has 3 heterocycles. The van der Waals surface area contributed by atoms with Crippen LogP contribution in [-0.2, 0) is 4.74 Å². The fraction of sp³-hybridized carbons (Fsp3) is 0.154. The monoisotopic (exact) mass is 334 g/mol. The Labute approximate surface area is 123 Å². The van der Waals surface area contributed by atoms with E-state index in [1.807, 2.05) is 24.4 Å². The number of ether oxygens (including phenoxy) is 1. The van der Waals surface area contributed by atoms with Crippen molar-refractivity contribution < 1.29 is 9.53 Å². The van der Waals surface area contributed by atoms with Gasteiger partial charge >= 0.3 is 5.97 Å². The maximum absolute atomic E-state index is 11.8. The molecule has 0 saturated carbocycles. The highest BCUT2D eigenvalue weighted by Crippen LogP contribution is 2.20. The molecule has 0 saturated heterocycles. The van der Waals surface area contributed by atoms with Crippen molar-refractivity contribution in [3.8, 4) is 5.82 Å².